The Morgan fingerprint density at radius 1 is 1.28 bits per heavy atom. The number of ether oxygens (including phenoxy) is 2. The first kappa shape index (κ1) is 17.6. The summed E-state index contributed by atoms with van der Waals surface area (Å²) in [5.41, 5.74) is 1.89. The van der Waals surface area contributed by atoms with Crippen LogP contribution in [0.15, 0.2) is 47.2 Å². The molecular weight excluding hydrogens is 408 g/mol. The summed E-state index contributed by atoms with van der Waals surface area (Å²) in [4.78, 5) is 4.06. The normalized spacial score (nSPS) is 10.5. The van der Waals surface area contributed by atoms with Crippen molar-refractivity contribution in [2.24, 2.45) is 0 Å². The fraction of sp³-hybridized carbons (Fsp3) is 0.176. The molecule has 6 nitrogen and oxygen atoms in total. The fourth-order valence-corrected chi connectivity index (χ4v) is 2.98. The van der Waals surface area contributed by atoms with Crippen LogP contribution in [0.4, 0.5) is 5.95 Å². The molecular formula is C17H16BrClN4O2. The lowest BCUT2D eigenvalue weighted by molar-refractivity contribution is 0.281. The van der Waals surface area contributed by atoms with Gasteiger partial charge in [-0.1, -0.05) is 39.7 Å². The first-order valence-electron chi connectivity index (χ1n) is 7.49. The molecule has 0 aliphatic heterocycles. The molecule has 1 aromatic heterocycles. The number of hydrogen-bond acceptors (Lipinski definition) is 5. The van der Waals surface area contributed by atoms with E-state index < -0.39 is 0 Å². The molecule has 0 atom stereocenters. The summed E-state index contributed by atoms with van der Waals surface area (Å²) >= 11 is 9.60. The van der Waals surface area contributed by atoms with E-state index >= 15 is 0 Å². The van der Waals surface area contributed by atoms with E-state index in [0.717, 1.165) is 15.6 Å². The SMILES string of the molecule is COc1ccc(Br)c(CNc2ncn[nH]2)c1OCc1cccc(Cl)c1. The predicted octanol–water partition coefficient (Wildman–Crippen LogP) is 4.42. The molecule has 0 radical (unpaired) electrons. The van der Waals surface area contributed by atoms with Gasteiger partial charge in [-0.2, -0.15) is 5.10 Å². The van der Waals surface area contributed by atoms with E-state index in [0.29, 0.717) is 35.6 Å². The molecule has 0 spiro atoms. The smallest absolute Gasteiger partial charge is 0.218 e. The Labute approximate surface area is 158 Å². The van der Waals surface area contributed by atoms with Gasteiger partial charge >= 0.3 is 0 Å². The largest absolute Gasteiger partial charge is 0.493 e. The molecule has 25 heavy (non-hydrogen) atoms. The highest BCUT2D eigenvalue weighted by Gasteiger charge is 2.15. The van der Waals surface area contributed by atoms with Crippen molar-refractivity contribution in [3.05, 3.63) is 63.3 Å². The highest BCUT2D eigenvalue weighted by Crippen LogP contribution is 2.37. The van der Waals surface area contributed by atoms with Crippen LogP contribution in [0.1, 0.15) is 11.1 Å². The molecule has 1 heterocycles. The molecule has 2 aromatic carbocycles. The Morgan fingerprint density at radius 3 is 2.88 bits per heavy atom. The van der Waals surface area contributed by atoms with Crippen LogP contribution in [0.5, 0.6) is 11.5 Å². The third kappa shape index (κ3) is 4.43. The Balaban J connectivity index is 1.83. The van der Waals surface area contributed by atoms with Gasteiger partial charge in [-0.05, 0) is 29.8 Å². The van der Waals surface area contributed by atoms with Crippen LogP contribution in [-0.4, -0.2) is 22.3 Å². The molecule has 3 aromatic rings. The van der Waals surface area contributed by atoms with Crippen LogP contribution >= 0.6 is 27.5 Å². The molecule has 2 N–H and O–H groups in total. The lowest BCUT2D eigenvalue weighted by atomic mass is 10.1. The number of nitrogens with zero attached hydrogens (tertiary/aromatic N) is 2. The lowest BCUT2D eigenvalue weighted by Crippen LogP contribution is -2.07. The Morgan fingerprint density at radius 2 is 2.16 bits per heavy atom. The van der Waals surface area contributed by atoms with Crippen LogP contribution in [0, 0.1) is 0 Å². The number of aromatic amines is 1. The van der Waals surface area contributed by atoms with Crippen molar-refractivity contribution in [1.29, 1.82) is 0 Å². The van der Waals surface area contributed by atoms with Crippen molar-refractivity contribution in [2.45, 2.75) is 13.2 Å². The van der Waals surface area contributed by atoms with Crippen LogP contribution in [0.25, 0.3) is 0 Å². The number of aromatic nitrogens is 3. The monoisotopic (exact) mass is 422 g/mol. The minimum atomic E-state index is 0.378. The van der Waals surface area contributed by atoms with E-state index in [1.165, 1.54) is 6.33 Å². The summed E-state index contributed by atoms with van der Waals surface area (Å²) in [6.45, 7) is 0.862. The average molecular weight is 424 g/mol. The molecule has 0 aliphatic carbocycles. The fourth-order valence-electron chi connectivity index (χ4n) is 2.31. The second-order valence-corrected chi connectivity index (χ2v) is 6.45. The van der Waals surface area contributed by atoms with Gasteiger partial charge in [0.2, 0.25) is 5.95 Å². The van der Waals surface area contributed by atoms with Gasteiger partial charge < -0.3 is 14.8 Å². The second-order valence-electron chi connectivity index (χ2n) is 5.16. The first-order chi connectivity index (χ1) is 12.2. The van der Waals surface area contributed by atoms with Crippen molar-refractivity contribution in [1.82, 2.24) is 15.2 Å². The predicted molar refractivity (Wildman–Crippen MR) is 100 cm³/mol. The van der Waals surface area contributed by atoms with E-state index in [4.69, 9.17) is 21.1 Å². The topological polar surface area (TPSA) is 72.1 Å². The average Bonchev–Trinajstić information content (AvgIpc) is 3.12. The molecule has 3 rings (SSSR count). The highest BCUT2D eigenvalue weighted by molar-refractivity contribution is 9.10. The van der Waals surface area contributed by atoms with E-state index in [1.807, 2.05) is 36.4 Å². The maximum absolute atomic E-state index is 6.05. The minimum absolute atomic E-state index is 0.378. The number of benzene rings is 2. The molecule has 0 fully saturated rings. The highest BCUT2D eigenvalue weighted by atomic mass is 79.9. The van der Waals surface area contributed by atoms with Gasteiger partial charge in [-0.3, -0.25) is 0 Å². The maximum Gasteiger partial charge on any atom is 0.218 e. The number of rotatable bonds is 7. The van der Waals surface area contributed by atoms with Crippen LogP contribution < -0.4 is 14.8 Å². The zero-order valence-corrected chi connectivity index (χ0v) is 15.8. The first-order valence-corrected chi connectivity index (χ1v) is 8.66. The van der Waals surface area contributed by atoms with Crippen LogP contribution in [-0.2, 0) is 13.2 Å². The van der Waals surface area contributed by atoms with Crippen LogP contribution in [0.2, 0.25) is 5.02 Å². The molecule has 130 valence electrons. The van der Waals surface area contributed by atoms with Crippen molar-refractivity contribution in [3.8, 4) is 11.5 Å². The Kier molecular flexibility index (Phi) is 5.78. The van der Waals surface area contributed by atoms with Gasteiger partial charge in [-0.15, -0.1) is 0 Å². The van der Waals surface area contributed by atoms with E-state index in [9.17, 15) is 0 Å². The quantitative estimate of drug-likeness (QED) is 0.588. The third-order valence-electron chi connectivity index (χ3n) is 3.51. The number of H-pyrrole nitrogens is 1. The second kappa shape index (κ2) is 8.22. The Hall–Kier alpha value is -2.25. The molecule has 0 saturated heterocycles. The van der Waals surface area contributed by atoms with Gasteiger partial charge in [0, 0.05) is 21.6 Å². The molecule has 0 amide bonds. The van der Waals surface area contributed by atoms with Crippen molar-refractivity contribution >= 4 is 33.5 Å². The summed E-state index contributed by atoms with van der Waals surface area (Å²) in [7, 11) is 1.61. The van der Waals surface area contributed by atoms with Crippen LogP contribution in [0.3, 0.4) is 0 Å². The minimum Gasteiger partial charge on any atom is -0.493 e. The van der Waals surface area contributed by atoms with E-state index in [-0.39, 0.29) is 0 Å². The molecule has 0 aliphatic rings. The molecule has 8 heteroatoms. The summed E-state index contributed by atoms with van der Waals surface area (Å²) in [6.07, 6.45) is 1.44. The third-order valence-corrected chi connectivity index (χ3v) is 4.49. The standard InChI is InChI=1S/C17H16BrClN4O2/c1-24-15-6-5-14(18)13(8-20-17-21-10-22-23-17)16(15)25-9-11-3-2-4-12(19)7-11/h2-7,10H,8-9H2,1H3,(H2,20,21,22,23). The van der Waals surface area contributed by atoms with Gasteiger partial charge in [0.1, 0.15) is 12.9 Å². The van der Waals surface area contributed by atoms with Gasteiger partial charge in [0.15, 0.2) is 11.5 Å². The summed E-state index contributed by atoms with van der Waals surface area (Å²) in [6, 6.07) is 11.3. The number of anilines is 1. The summed E-state index contributed by atoms with van der Waals surface area (Å²) < 4.78 is 12.4. The summed E-state index contributed by atoms with van der Waals surface area (Å²) in [5.74, 6) is 1.89. The zero-order valence-electron chi connectivity index (χ0n) is 13.4. The zero-order chi connectivity index (χ0) is 17.6. The summed E-state index contributed by atoms with van der Waals surface area (Å²) in [5, 5.41) is 10.4. The number of hydrogen-bond donors (Lipinski definition) is 2. The lowest BCUT2D eigenvalue weighted by Gasteiger charge is -2.17. The molecule has 0 bridgehead atoms. The molecule has 0 unspecified atom stereocenters. The van der Waals surface area contributed by atoms with Crippen molar-refractivity contribution < 1.29 is 9.47 Å². The van der Waals surface area contributed by atoms with Crippen molar-refractivity contribution in [2.75, 3.05) is 12.4 Å². The number of methoxy groups -OCH3 is 1. The van der Waals surface area contributed by atoms with Gasteiger partial charge in [0.25, 0.3) is 0 Å². The molecule has 0 saturated carbocycles. The van der Waals surface area contributed by atoms with Crippen molar-refractivity contribution in [3.63, 3.8) is 0 Å². The number of halogens is 2. The number of nitrogens with one attached hydrogen (secondary N) is 2. The van der Waals surface area contributed by atoms with Gasteiger partial charge in [-0.25, -0.2) is 10.1 Å². The van der Waals surface area contributed by atoms with E-state index in [1.54, 1.807) is 7.11 Å². The Bertz CT molecular complexity index is 843. The maximum atomic E-state index is 6.05. The van der Waals surface area contributed by atoms with E-state index in [2.05, 4.69) is 36.4 Å². The van der Waals surface area contributed by atoms with Gasteiger partial charge in [0.05, 0.1) is 7.11 Å².